The first-order valence-electron chi connectivity index (χ1n) is 5.61. The van der Waals surface area contributed by atoms with Gasteiger partial charge in [-0.1, -0.05) is 13.0 Å². The van der Waals surface area contributed by atoms with Gasteiger partial charge in [0, 0.05) is 18.0 Å². The molecule has 2 bridgehead atoms. The minimum Gasteiger partial charge on any atom is -0.508 e. The summed E-state index contributed by atoms with van der Waals surface area (Å²) in [5.41, 5.74) is 3.05. The second-order valence-electron chi connectivity index (χ2n) is 5.38. The second-order valence-corrected chi connectivity index (χ2v) is 5.38. The zero-order chi connectivity index (χ0) is 10.6. The Morgan fingerprint density at radius 3 is 3.07 bits per heavy atom. The molecule has 1 aliphatic heterocycles. The number of nitrogens with zero attached hydrogens (tertiary/aromatic N) is 1. The molecule has 0 amide bonds. The van der Waals surface area contributed by atoms with Crippen LogP contribution in [0.4, 0.5) is 0 Å². The van der Waals surface area contributed by atoms with Crippen molar-refractivity contribution in [3.05, 3.63) is 29.3 Å². The summed E-state index contributed by atoms with van der Waals surface area (Å²) in [6.45, 7) is 3.44. The SMILES string of the molecule is CN1C[C@]2(C)CC1Cc1ccc(O)cc12. The summed E-state index contributed by atoms with van der Waals surface area (Å²) < 4.78 is 0. The zero-order valence-corrected chi connectivity index (χ0v) is 9.33. The number of phenols is 1. The van der Waals surface area contributed by atoms with Crippen LogP contribution in [0, 0.1) is 0 Å². The maximum atomic E-state index is 9.58. The number of aromatic hydroxyl groups is 1. The van der Waals surface area contributed by atoms with E-state index < -0.39 is 0 Å². The first-order valence-corrected chi connectivity index (χ1v) is 5.61. The van der Waals surface area contributed by atoms with Gasteiger partial charge in [-0.2, -0.15) is 0 Å². The molecular formula is C13H17NO. The molecule has 80 valence electrons. The molecule has 0 spiro atoms. The number of rotatable bonds is 0. The van der Waals surface area contributed by atoms with Crippen LogP contribution in [0.25, 0.3) is 0 Å². The maximum Gasteiger partial charge on any atom is 0.115 e. The lowest BCUT2D eigenvalue weighted by molar-refractivity contribution is 0.309. The third-order valence-electron chi connectivity index (χ3n) is 4.11. The number of phenolic OH excluding ortho intramolecular Hbond substituents is 1. The van der Waals surface area contributed by atoms with Gasteiger partial charge >= 0.3 is 0 Å². The van der Waals surface area contributed by atoms with Crippen LogP contribution in [0.5, 0.6) is 5.75 Å². The summed E-state index contributed by atoms with van der Waals surface area (Å²) >= 11 is 0. The highest BCUT2D eigenvalue weighted by Crippen LogP contribution is 2.45. The van der Waals surface area contributed by atoms with Crippen molar-refractivity contribution in [3.63, 3.8) is 0 Å². The van der Waals surface area contributed by atoms with Gasteiger partial charge in [0.1, 0.15) is 5.75 Å². The Labute approximate surface area is 90.5 Å². The van der Waals surface area contributed by atoms with Gasteiger partial charge in [0.15, 0.2) is 0 Å². The van der Waals surface area contributed by atoms with E-state index in [1.807, 2.05) is 12.1 Å². The van der Waals surface area contributed by atoms with Crippen LogP contribution in [0.2, 0.25) is 0 Å². The summed E-state index contributed by atoms with van der Waals surface area (Å²) in [7, 11) is 2.21. The molecule has 1 aromatic rings. The standard InChI is InChI=1S/C13H17NO/c1-13-7-10(14(2)8-13)5-9-3-4-11(15)6-12(9)13/h3-4,6,10,15H,5,7-8H2,1-2H3/t10?,13-/m0/s1. The lowest BCUT2D eigenvalue weighted by Gasteiger charge is -2.31. The number of hydrogen-bond acceptors (Lipinski definition) is 2. The quantitative estimate of drug-likeness (QED) is 0.696. The van der Waals surface area contributed by atoms with Crippen molar-refractivity contribution in [1.29, 1.82) is 0 Å². The van der Waals surface area contributed by atoms with Crippen molar-refractivity contribution < 1.29 is 5.11 Å². The van der Waals surface area contributed by atoms with Crippen LogP contribution in [0.15, 0.2) is 18.2 Å². The molecule has 1 saturated heterocycles. The van der Waals surface area contributed by atoms with Gasteiger partial charge in [-0.3, -0.25) is 0 Å². The normalized spacial score (nSPS) is 34.1. The summed E-state index contributed by atoms with van der Waals surface area (Å²) in [5.74, 6) is 0.406. The molecule has 1 fully saturated rings. The average molecular weight is 203 g/mol. The van der Waals surface area contributed by atoms with E-state index in [4.69, 9.17) is 0 Å². The maximum absolute atomic E-state index is 9.58. The minimum absolute atomic E-state index is 0.256. The highest BCUT2D eigenvalue weighted by molar-refractivity contribution is 5.44. The van der Waals surface area contributed by atoms with Crippen molar-refractivity contribution in [2.75, 3.05) is 13.6 Å². The largest absolute Gasteiger partial charge is 0.508 e. The molecule has 2 heteroatoms. The fourth-order valence-corrected chi connectivity index (χ4v) is 3.40. The van der Waals surface area contributed by atoms with E-state index in [-0.39, 0.29) is 5.41 Å². The van der Waals surface area contributed by atoms with Crippen LogP contribution in [0.3, 0.4) is 0 Å². The van der Waals surface area contributed by atoms with Gasteiger partial charge in [-0.05, 0) is 43.1 Å². The smallest absolute Gasteiger partial charge is 0.115 e. The first kappa shape index (κ1) is 9.22. The Bertz CT molecular complexity index is 411. The zero-order valence-electron chi connectivity index (χ0n) is 9.33. The van der Waals surface area contributed by atoms with Crippen molar-refractivity contribution in [2.24, 2.45) is 0 Å². The Balaban J connectivity index is 2.16. The predicted octanol–water partition coefficient (Wildman–Crippen LogP) is 1.91. The molecular weight excluding hydrogens is 186 g/mol. The molecule has 1 N–H and O–H groups in total. The summed E-state index contributed by atoms with van der Waals surface area (Å²) in [6.07, 6.45) is 2.38. The van der Waals surface area contributed by atoms with Crippen LogP contribution < -0.4 is 0 Å². The lowest BCUT2D eigenvalue weighted by atomic mass is 9.73. The number of likely N-dealkylation sites (N-methyl/N-ethyl adjacent to an activating group) is 1. The molecule has 2 aliphatic rings. The fraction of sp³-hybridized carbons (Fsp3) is 0.538. The predicted molar refractivity (Wildman–Crippen MR) is 60.2 cm³/mol. The molecule has 2 atom stereocenters. The molecule has 1 unspecified atom stereocenters. The highest BCUT2D eigenvalue weighted by Gasteiger charge is 2.44. The molecule has 3 rings (SSSR count). The molecule has 1 aliphatic carbocycles. The van der Waals surface area contributed by atoms with E-state index in [1.165, 1.54) is 17.5 Å². The van der Waals surface area contributed by atoms with Crippen LogP contribution in [-0.4, -0.2) is 29.6 Å². The Kier molecular flexibility index (Phi) is 1.70. The number of hydrogen-bond donors (Lipinski definition) is 1. The first-order chi connectivity index (χ1) is 7.08. The van der Waals surface area contributed by atoms with Gasteiger partial charge in [-0.25, -0.2) is 0 Å². The third-order valence-corrected chi connectivity index (χ3v) is 4.11. The minimum atomic E-state index is 0.256. The number of fused-ring (bicyclic) bond motifs is 4. The van der Waals surface area contributed by atoms with E-state index in [0.717, 1.165) is 13.0 Å². The Morgan fingerprint density at radius 2 is 2.27 bits per heavy atom. The van der Waals surface area contributed by atoms with Gasteiger partial charge < -0.3 is 10.0 Å². The molecule has 1 aromatic carbocycles. The Morgan fingerprint density at radius 1 is 1.47 bits per heavy atom. The fourth-order valence-electron chi connectivity index (χ4n) is 3.40. The van der Waals surface area contributed by atoms with Gasteiger partial charge in [0.05, 0.1) is 0 Å². The van der Waals surface area contributed by atoms with E-state index >= 15 is 0 Å². The third kappa shape index (κ3) is 1.21. The topological polar surface area (TPSA) is 23.5 Å². The molecule has 2 nitrogen and oxygen atoms in total. The van der Waals surface area contributed by atoms with Crippen LogP contribution in [0.1, 0.15) is 24.5 Å². The Hall–Kier alpha value is -1.02. The van der Waals surface area contributed by atoms with E-state index in [0.29, 0.717) is 11.8 Å². The number of benzene rings is 1. The number of likely N-dealkylation sites (tertiary alicyclic amines) is 1. The molecule has 0 radical (unpaired) electrons. The van der Waals surface area contributed by atoms with E-state index in [9.17, 15) is 5.11 Å². The van der Waals surface area contributed by atoms with Crippen molar-refractivity contribution >= 4 is 0 Å². The van der Waals surface area contributed by atoms with Crippen molar-refractivity contribution in [3.8, 4) is 5.75 Å². The molecule has 0 saturated carbocycles. The van der Waals surface area contributed by atoms with Gasteiger partial charge in [0.25, 0.3) is 0 Å². The van der Waals surface area contributed by atoms with E-state index in [2.05, 4.69) is 24.9 Å². The van der Waals surface area contributed by atoms with Crippen LogP contribution >= 0.6 is 0 Å². The van der Waals surface area contributed by atoms with E-state index in [1.54, 1.807) is 0 Å². The summed E-state index contributed by atoms with van der Waals surface area (Å²) in [6, 6.07) is 6.57. The summed E-state index contributed by atoms with van der Waals surface area (Å²) in [5, 5.41) is 9.58. The van der Waals surface area contributed by atoms with Crippen molar-refractivity contribution in [1.82, 2.24) is 4.90 Å². The highest BCUT2D eigenvalue weighted by atomic mass is 16.3. The lowest BCUT2D eigenvalue weighted by Crippen LogP contribution is -2.28. The van der Waals surface area contributed by atoms with Crippen molar-refractivity contribution in [2.45, 2.75) is 31.2 Å². The molecule has 1 heterocycles. The monoisotopic (exact) mass is 203 g/mol. The molecule has 0 aromatic heterocycles. The average Bonchev–Trinajstić information content (AvgIpc) is 2.41. The van der Waals surface area contributed by atoms with Gasteiger partial charge in [0.2, 0.25) is 0 Å². The molecule has 15 heavy (non-hydrogen) atoms. The van der Waals surface area contributed by atoms with Gasteiger partial charge in [-0.15, -0.1) is 0 Å². The second kappa shape index (κ2) is 2.76. The van der Waals surface area contributed by atoms with Crippen LogP contribution in [-0.2, 0) is 11.8 Å². The summed E-state index contributed by atoms with van der Waals surface area (Å²) in [4.78, 5) is 2.46.